The van der Waals surface area contributed by atoms with Crippen LogP contribution in [0.3, 0.4) is 0 Å². The Labute approximate surface area is 164 Å². The SMILES string of the molecule is CCCCc1ccc(NC(=O)Nc2ccc(-c3ccc(=O)n(C)n3)cc2)cc1. The largest absolute Gasteiger partial charge is 0.323 e. The number of aryl methyl sites for hydroxylation is 2. The molecule has 0 atom stereocenters. The van der Waals surface area contributed by atoms with Crippen molar-refractivity contribution < 1.29 is 4.79 Å². The molecule has 0 aliphatic heterocycles. The Kier molecular flexibility index (Phi) is 6.22. The zero-order valence-electron chi connectivity index (χ0n) is 16.1. The highest BCUT2D eigenvalue weighted by atomic mass is 16.2. The Morgan fingerprint density at radius 3 is 2.11 bits per heavy atom. The van der Waals surface area contributed by atoms with E-state index in [0.29, 0.717) is 11.4 Å². The number of nitrogens with zero attached hydrogens (tertiary/aromatic N) is 2. The standard InChI is InChI=1S/C22H24N4O2/c1-3-4-5-16-6-10-18(11-7-16)23-22(28)24-19-12-8-17(9-13-19)20-14-15-21(27)26(2)25-20/h6-15H,3-5H2,1-2H3,(H2,23,24,28). The van der Waals surface area contributed by atoms with Crippen LogP contribution in [0.4, 0.5) is 16.2 Å². The molecule has 1 heterocycles. The first-order chi connectivity index (χ1) is 13.5. The van der Waals surface area contributed by atoms with Crippen LogP contribution in [0.2, 0.25) is 0 Å². The topological polar surface area (TPSA) is 76.0 Å². The summed E-state index contributed by atoms with van der Waals surface area (Å²) in [5.41, 5.74) is 4.10. The number of aromatic nitrogens is 2. The molecule has 0 aliphatic carbocycles. The predicted molar refractivity (Wildman–Crippen MR) is 113 cm³/mol. The third kappa shape index (κ3) is 5.07. The van der Waals surface area contributed by atoms with E-state index in [2.05, 4.69) is 22.7 Å². The van der Waals surface area contributed by atoms with Gasteiger partial charge in [-0.3, -0.25) is 4.79 Å². The van der Waals surface area contributed by atoms with Gasteiger partial charge in [-0.05, 0) is 48.7 Å². The second-order valence-corrected chi connectivity index (χ2v) is 6.64. The minimum absolute atomic E-state index is 0.155. The molecule has 0 radical (unpaired) electrons. The number of carbonyl (C=O) groups excluding carboxylic acids is 1. The number of unbranched alkanes of at least 4 members (excludes halogenated alkanes) is 1. The van der Waals surface area contributed by atoms with Crippen molar-refractivity contribution in [1.82, 2.24) is 9.78 Å². The molecule has 144 valence electrons. The van der Waals surface area contributed by atoms with E-state index in [-0.39, 0.29) is 11.6 Å². The van der Waals surface area contributed by atoms with E-state index in [1.165, 1.54) is 22.7 Å². The first-order valence-corrected chi connectivity index (χ1v) is 9.37. The minimum Gasteiger partial charge on any atom is -0.308 e. The van der Waals surface area contributed by atoms with Gasteiger partial charge in [-0.2, -0.15) is 5.10 Å². The van der Waals surface area contributed by atoms with Crippen molar-refractivity contribution in [2.75, 3.05) is 10.6 Å². The molecular weight excluding hydrogens is 352 g/mol. The van der Waals surface area contributed by atoms with Gasteiger partial charge < -0.3 is 10.6 Å². The van der Waals surface area contributed by atoms with E-state index in [0.717, 1.165) is 24.1 Å². The van der Waals surface area contributed by atoms with Crippen molar-refractivity contribution >= 4 is 17.4 Å². The summed E-state index contributed by atoms with van der Waals surface area (Å²) in [4.78, 5) is 23.6. The van der Waals surface area contributed by atoms with Gasteiger partial charge in [0.25, 0.3) is 5.56 Å². The Balaban J connectivity index is 1.59. The third-order valence-corrected chi connectivity index (χ3v) is 4.43. The van der Waals surface area contributed by atoms with Gasteiger partial charge in [-0.1, -0.05) is 37.6 Å². The van der Waals surface area contributed by atoms with Gasteiger partial charge in [-0.25, -0.2) is 9.48 Å². The average Bonchev–Trinajstić information content (AvgIpc) is 2.70. The first kappa shape index (κ1) is 19.4. The van der Waals surface area contributed by atoms with Crippen LogP contribution in [-0.2, 0) is 13.5 Å². The van der Waals surface area contributed by atoms with Gasteiger partial charge in [0.2, 0.25) is 0 Å². The Hall–Kier alpha value is -3.41. The van der Waals surface area contributed by atoms with E-state index >= 15 is 0 Å². The number of hydrogen-bond donors (Lipinski definition) is 2. The summed E-state index contributed by atoms with van der Waals surface area (Å²) in [6.45, 7) is 2.17. The highest BCUT2D eigenvalue weighted by Crippen LogP contribution is 2.19. The highest BCUT2D eigenvalue weighted by molar-refractivity contribution is 5.99. The van der Waals surface area contributed by atoms with E-state index in [1.807, 2.05) is 36.4 Å². The Morgan fingerprint density at radius 1 is 0.929 bits per heavy atom. The number of urea groups is 1. The number of hydrogen-bond acceptors (Lipinski definition) is 3. The molecule has 3 rings (SSSR count). The fraction of sp³-hybridized carbons (Fsp3) is 0.227. The normalized spacial score (nSPS) is 10.5. The molecule has 0 bridgehead atoms. The van der Waals surface area contributed by atoms with E-state index in [4.69, 9.17) is 0 Å². The van der Waals surface area contributed by atoms with E-state index < -0.39 is 0 Å². The first-order valence-electron chi connectivity index (χ1n) is 9.37. The lowest BCUT2D eigenvalue weighted by Gasteiger charge is -2.09. The number of anilines is 2. The lowest BCUT2D eigenvalue weighted by atomic mass is 10.1. The van der Waals surface area contributed by atoms with Crippen LogP contribution in [0.1, 0.15) is 25.3 Å². The summed E-state index contributed by atoms with van der Waals surface area (Å²) in [6, 6.07) is 18.1. The molecule has 0 spiro atoms. The van der Waals surface area contributed by atoms with Gasteiger partial charge in [0.1, 0.15) is 0 Å². The minimum atomic E-state index is -0.297. The summed E-state index contributed by atoms with van der Waals surface area (Å²) >= 11 is 0. The molecule has 2 N–H and O–H groups in total. The van der Waals surface area contributed by atoms with Crippen LogP contribution < -0.4 is 16.2 Å². The summed E-state index contributed by atoms with van der Waals surface area (Å²) < 4.78 is 1.29. The predicted octanol–water partition coefficient (Wildman–Crippen LogP) is 4.43. The van der Waals surface area contributed by atoms with Crippen LogP contribution in [0.5, 0.6) is 0 Å². The zero-order valence-corrected chi connectivity index (χ0v) is 16.1. The van der Waals surface area contributed by atoms with Crippen LogP contribution >= 0.6 is 0 Å². The van der Waals surface area contributed by atoms with Gasteiger partial charge in [0.05, 0.1) is 5.69 Å². The van der Waals surface area contributed by atoms with Crippen molar-refractivity contribution in [2.45, 2.75) is 26.2 Å². The molecule has 0 aliphatic rings. The highest BCUT2D eigenvalue weighted by Gasteiger charge is 2.05. The number of rotatable bonds is 6. The van der Waals surface area contributed by atoms with Crippen molar-refractivity contribution in [3.8, 4) is 11.3 Å². The molecule has 28 heavy (non-hydrogen) atoms. The molecule has 0 saturated heterocycles. The van der Waals surface area contributed by atoms with Crippen molar-refractivity contribution in [3.63, 3.8) is 0 Å². The van der Waals surface area contributed by atoms with Crippen LogP contribution in [0.25, 0.3) is 11.3 Å². The fourth-order valence-electron chi connectivity index (χ4n) is 2.81. The zero-order chi connectivity index (χ0) is 19.9. The summed E-state index contributed by atoms with van der Waals surface area (Å²) in [7, 11) is 1.61. The number of carbonyl (C=O) groups is 1. The van der Waals surface area contributed by atoms with Gasteiger partial charge in [0.15, 0.2) is 0 Å². The van der Waals surface area contributed by atoms with Gasteiger partial charge in [-0.15, -0.1) is 0 Å². The van der Waals surface area contributed by atoms with Crippen molar-refractivity contribution in [2.24, 2.45) is 7.05 Å². The van der Waals surface area contributed by atoms with E-state index in [1.54, 1.807) is 25.2 Å². The van der Waals surface area contributed by atoms with Crippen molar-refractivity contribution in [1.29, 1.82) is 0 Å². The quantitative estimate of drug-likeness (QED) is 0.668. The molecule has 2 aromatic carbocycles. The average molecular weight is 376 g/mol. The number of benzene rings is 2. The summed E-state index contributed by atoms with van der Waals surface area (Å²) in [6.07, 6.45) is 3.39. The molecule has 0 fully saturated rings. The van der Waals surface area contributed by atoms with Gasteiger partial charge in [0, 0.05) is 30.1 Å². The van der Waals surface area contributed by atoms with Gasteiger partial charge >= 0.3 is 6.03 Å². The summed E-state index contributed by atoms with van der Waals surface area (Å²) in [5, 5.41) is 9.87. The van der Waals surface area contributed by atoms with Crippen molar-refractivity contribution in [3.05, 3.63) is 76.6 Å². The number of amides is 2. The molecule has 2 amide bonds. The Bertz CT molecular complexity index is 992. The van der Waals surface area contributed by atoms with Crippen LogP contribution in [-0.4, -0.2) is 15.8 Å². The maximum Gasteiger partial charge on any atom is 0.323 e. The third-order valence-electron chi connectivity index (χ3n) is 4.43. The lowest BCUT2D eigenvalue weighted by Crippen LogP contribution is -2.19. The second-order valence-electron chi connectivity index (χ2n) is 6.64. The van der Waals surface area contributed by atoms with Crippen LogP contribution in [0.15, 0.2) is 65.5 Å². The molecular formula is C22H24N4O2. The molecule has 1 aromatic heterocycles. The molecule has 6 heteroatoms. The smallest absolute Gasteiger partial charge is 0.308 e. The fourth-order valence-corrected chi connectivity index (χ4v) is 2.81. The lowest BCUT2D eigenvalue weighted by molar-refractivity contribution is 0.262. The monoisotopic (exact) mass is 376 g/mol. The molecule has 6 nitrogen and oxygen atoms in total. The molecule has 0 saturated carbocycles. The molecule has 0 unspecified atom stereocenters. The maximum absolute atomic E-state index is 12.2. The second kappa shape index (κ2) is 8.99. The maximum atomic E-state index is 12.2. The van der Waals surface area contributed by atoms with E-state index in [9.17, 15) is 9.59 Å². The molecule has 3 aromatic rings. The Morgan fingerprint density at radius 2 is 1.54 bits per heavy atom. The summed E-state index contributed by atoms with van der Waals surface area (Å²) in [5.74, 6) is 0. The van der Waals surface area contributed by atoms with Crippen LogP contribution in [0, 0.1) is 0 Å². The number of nitrogens with one attached hydrogen (secondary N) is 2.